The maximum atomic E-state index is 5.82. The van der Waals surface area contributed by atoms with E-state index in [4.69, 9.17) is 16.0 Å². The summed E-state index contributed by atoms with van der Waals surface area (Å²) in [4.78, 5) is 6.27. The van der Waals surface area contributed by atoms with Gasteiger partial charge in [-0.25, -0.2) is 4.98 Å². The molecule has 2 aromatic rings. The van der Waals surface area contributed by atoms with Crippen LogP contribution in [-0.4, -0.2) is 29.9 Å². The van der Waals surface area contributed by atoms with Crippen molar-refractivity contribution in [3.05, 3.63) is 30.2 Å². The van der Waals surface area contributed by atoms with Crippen LogP contribution >= 0.6 is 11.6 Å². The Bertz CT molecular complexity index is 467. The van der Waals surface area contributed by atoms with Gasteiger partial charge in [-0.2, -0.15) is 0 Å². The van der Waals surface area contributed by atoms with Gasteiger partial charge in [0.15, 0.2) is 12.0 Å². The molecule has 1 atom stereocenters. The first-order chi connectivity index (χ1) is 7.72. The highest BCUT2D eigenvalue weighted by molar-refractivity contribution is 6.17. The van der Waals surface area contributed by atoms with Gasteiger partial charge in [-0.1, -0.05) is 6.07 Å². The van der Waals surface area contributed by atoms with Gasteiger partial charge < -0.3 is 9.32 Å². The number of oxazole rings is 1. The van der Waals surface area contributed by atoms with E-state index in [0.717, 1.165) is 17.5 Å². The molecule has 0 bridgehead atoms. The minimum absolute atomic E-state index is 0.326. The Kier molecular flexibility index (Phi) is 3.46. The Morgan fingerprint density at radius 2 is 2.25 bits per heavy atom. The summed E-state index contributed by atoms with van der Waals surface area (Å²) in [5, 5.41) is 0. The third-order valence-electron chi connectivity index (χ3n) is 2.75. The molecule has 0 spiro atoms. The maximum absolute atomic E-state index is 5.82. The van der Waals surface area contributed by atoms with Crippen LogP contribution in [-0.2, 0) is 0 Å². The molecule has 0 fully saturated rings. The number of alkyl halides is 1. The van der Waals surface area contributed by atoms with Gasteiger partial charge in [0.2, 0.25) is 0 Å². The van der Waals surface area contributed by atoms with Crippen LogP contribution in [0, 0.1) is 0 Å². The normalized spacial score (nSPS) is 13.5. The van der Waals surface area contributed by atoms with Crippen LogP contribution in [0.1, 0.15) is 18.0 Å². The Morgan fingerprint density at radius 1 is 1.44 bits per heavy atom. The van der Waals surface area contributed by atoms with Crippen molar-refractivity contribution < 1.29 is 4.42 Å². The quantitative estimate of drug-likeness (QED) is 0.767. The highest BCUT2D eigenvalue weighted by Gasteiger charge is 2.14. The molecule has 0 N–H and O–H groups in total. The maximum Gasteiger partial charge on any atom is 0.181 e. The number of hydrogen-bond donors (Lipinski definition) is 0. The van der Waals surface area contributed by atoms with Crippen LogP contribution in [0.2, 0.25) is 0 Å². The molecular weight excluding hydrogens is 224 g/mol. The van der Waals surface area contributed by atoms with Gasteiger partial charge in [-0.05, 0) is 38.2 Å². The minimum atomic E-state index is 0.326. The molecule has 0 aliphatic rings. The first-order valence-corrected chi connectivity index (χ1v) is 5.81. The van der Waals surface area contributed by atoms with E-state index < -0.39 is 0 Å². The summed E-state index contributed by atoms with van der Waals surface area (Å²) < 4.78 is 5.30. The third-order valence-corrected chi connectivity index (χ3v) is 2.96. The van der Waals surface area contributed by atoms with Crippen LogP contribution in [0.25, 0.3) is 11.1 Å². The lowest BCUT2D eigenvalue weighted by Gasteiger charge is -2.23. The molecule has 1 aromatic heterocycles. The van der Waals surface area contributed by atoms with Crippen LogP contribution < -0.4 is 0 Å². The van der Waals surface area contributed by atoms with E-state index in [9.17, 15) is 0 Å². The fourth-order valence-corrected chi connectivity index (χ4v) is 2.11. The number of fused-ring (bicyclic) bond motifs is 1. The molecule has 0 saturated heterocycles. The van der Waals surface area contributed by atoms with Gasteiger partial charge in [-0.3, -0.25) is 0 Å². The minimum Gasteiger partial charge on any atom is -0.443 e. The predicted molar refractivity (Wildman–Crippen MR) is 65.8 cm³/mol. The van der Waals surface area contributed by atoms with Gasteiger partial charge in [-0.15, -0.1) is 11.6 Å². The first kappa shape index (κ1) is 11.4. The fourth-order valence-electron chi connectivity index (χ4n) is 1.91. The predicted octanol–water partition coefficient (Wildman–Crippen LogP) is 3.06. The zero-order valence-corrected chi connectivity index (χ0v) is 10.2. The van der Waals surface area contributed by atoms with E-state index in [1.54, 1.807) is 0 Å². The molecule has 0 amide bonds. The first-order valence-electron chi connectivity index (χ1n) is 5.28. The molecule has 1 aromatic carbocycles. The topological polar surface area (TPSA) is 29.3 Å². The van der Waals surface area contributed by atoms with Gasteiger partial charge in [0.25, 0.3) is 0 Å². The Morgan fingerprint density at radius 3 is 2.94 bits per heavy atom. The Labute approximate surface area is 100 Å². The molecule has 1 heterocycles. The zero-order chi connectivity index (χ0) is 11.5. The Hall–Kier alpha value is -1.06. The summed E-state index contributed by atoms with van der Waals surface area (Å²) in [6.07, 6.45) is 2.40. The van der Waals surface area contributed by atoms with Crippen LogP contribution in [0.5, 0.6) is 0 Å². The summed E-state index contributed by atoms with van der Waals surface area (Å²) in [6, 6.07) is 6.44. The van der Waals surface area contributed by atoms with E-state index in [-0.39, 0.29) is 0 Å². The third kappa shape index (κ3) is 2.20. The van der Waals surface area contributed by atoms with E-state index in [1.807, 2.05) is 12.1 Å². The molecule has 0 aliphatic heterocycles. The van der Waals surface area contributed by atoms with Crippen molar-refractivity contribution in [3.8, 4) is 0 Å². The molecule has 4 heteroatoms. The second kappa shape index (κ2) is 4.85. The highest BCUT2D eigenvalue weighted by Crippen LogP contribution is 2.25. The van der Waals surface area contributed by atoms with Gasteiger partial charge >= 0.3 is 0 Å². The van der Waals surface area contributed by atoms with E-state index in [2.05, 4.69) is 30.0 Å². The van der Waals surface area contributed by atoms with Crippen molar-refractivity contribution in [2.45, 2.75) is 12.5 Å². The number of hydrogen-bond acceptors (Lipinski definition) is 3. The molecule has 86 valence electrons. The smallest absolute Gasteiger partial charge is 0.181 e. The lowest BCUT2D eigenvalue weighted by Crippen LogP contribution is -2.20. The second-order valence-corrected chi connectivity index (χ2v) is 4.41. The van der Waals surface area contributed by atoms with Crippen molar-refractivity contribution in [1.29, 1.82) is 0 Å². The standard InChI is InChI=1S/C12H15ClN2O/c1-15(2)11(5-6-13)9-3-4-10-12(7-9)16-8-14-10/h3-4,7-8,11H,5-6H2,1-2H3. The van der Waals surface area contributed by atoms with E-state index in [1.165, 1.54) is 12.0 Å². The number of nitrogens with zero attached hydrogens (tertiary/aromatic N) is 2. The number of rotatable bonds is 4. The summed E-state index contributed by atoms with van der Waals surface area (Å²) in [5.41, 5.74) is 2.95. The van der Waals surface area contributed by atoms with Crippen molar-refractivity contribution in [2.24, 2.45) is 0 Å². The molecule has 1 unspecified atom stereocenters. The average Bonchev–Trinajstić information content (AvgIpc) is 2.72. The summed E-state index contributed by atoms with van der Waals surface area (Å²) in [7, 11) is 4.11. The molecule has 0 aliphatic carbocycles. The molecular formula is C12H15ClN2O. The van der Waals surface area contributed by atoms with Crippen molar-refractivity contribution in [3.63, 3.8) is 0 Å². The van der Waals surface area contributed by atoms with Gasteiger partial charge in [0.05, 0.1) is 0 Å². The highest BCUT2D eigenvalue weighted by atomic mass is 35.5. The lowest BCUT2D eigenvalue weighted by atomic mass is 10.0. The summed E-state index contributed by atoms with van der Waals surface area (Å²) in [6.45, 7) is 0. The number of aromatic nitrogens is 1. The lowest BCUT2D eigenvalue weighted by molar-refractivity contribution is 0.293. The molecule has 0 saturated carbocycles. The molecule has 0 radical (unpaired) electrons. The van der Waals surface area contributed by atoms with Crippen LogP contribution in [0.3, 0.4) is 0 Å². The van der Waals surface area contributed by atoms with Crippen molar-refractivity contribution in [2.75, 3.05) is 20.0 Å². The Balaban J connectivity index is 2.35. The summed E-state index contributed by atoms with van der Waals surface area (Å²) >= 11 is 5.82. The van der Waals surface area contributed by atoms with Crippen LogP contribution in [0.4, 0.5) is 0 Å². The largest absolute Gasteiger partial charge is 0.443 e. The van der Waals surface area contributed by atoms with Gasteiger partial charge in [0.1, 0.15) is 5.52 Å². The molecule has 16 heavy (non-hydrogen) atoms. The van der Waals surface area contributed by atoms with Crippen molar-refractivity contribution >= 4 is 22.7 Å². The number of benzene rings is 1. The summed E-state index contributed by atoms with van der Waals surface area (Å²) in [5.74, 6) is 0.650. The molecule has 2 rings (SSSR count). The average molecular weight is 239 g/mol. The van der Waals surface area contributed by atoms with Crippen molar-refractivity contribution in [1.82, 2.24) is 9.88 Å². The van der Waals surface area contributed by atoms with Gasteiger partial charge in [0, 0.05) is 11.9 Å². The SMILES string of the molecule is CN(C)C(CCCl)c1ccc2ncoc2c1. The number of halogens is 1. The van der Waals surface area contributed by atoms with Crippen LogP contribution in [0.15, 0.2) is 29.0 Å². The molecule has 3 nitrogen and oxygen atoms in total. The van der Waals surface area contributed by atoms with E-state index >= 15 is 0 Å². The fraction of sp³-hybridized carbons (Fsp3) is 0.417. The monoisotopic (exact) mass is 238 g/mol. The van der Waals surface area contributed by atoms with E-state index in [0.29, 0.717) is 11.9 Å². The zero-order valence-electron chi connectivity index (χ0n) is 9.48. The second-order valence-electron chi connectivity index (χ2n) is 4.04.